The second-order valence-electron chi connectivity index (χ2n) is 14.9. The molecule has 0 bridgehead atoms. The topological polar surface area (TPSA) is 310 Å². The molecule has 0 saturated carbocycles. The second kappa shape index (κ2) is 18.2. The van der Waals surface area contributed by atoms with Crippen LogP contribution in [0.3, 0.4) is 0 Å². The number of carboxylic acids is 2. The molecule has 2 aromatic rings. The summed E-state index contributed by atoms with van der Waals surface area (Å²) in [6.45, 7) is 5.00. The molecule has 2 aliphatic heterocycles. The van der Waals surface area contributed by atoms with Crippen molar-refractivity contribution < 1.29 is 76.3 Å². The van der Waals surface area contributed by atoms with Gasteiger partial charge in [-0.1, -0.05) is 29.9 Å². The Morgan fingerprint density at radius 2 is 1.27 bits per heavy atom. The van der Waals surface area contributed by atoms with Gasteiger partial charge in [0.2, 0.25) is 5.69 Å². The van der Waals surface area contributed by atoms with Crippen LogP contribution < -0.4 is 4.90 Å². The smallest absolute Gasteiger partial charge is 0.304 e. The van der Waals surface area contributed by atoms with Gasteiger partial charge in [0.15, 0.2) is 5.71 Å². The number of carboxylic acid groups (broad SMARTS) is 2. The molecule has 0 aliphatic carbocycles. The number of rotatable bonds is 20. The molecule has 2 heterocycles. The van der Waals surface area contributed by atoms with E-state index in [0.717, 1.165) is 24.3 Å². The Balaban J connectivity index is 1.76. The zero-order valence-corrected chi connectivity index (χ0v) is 35.9. The number of nitrogens with zero attached hydrogens (tertiary/aromatic N) is 2. The van der Waals surface area contributed by atoms with Crippen molar-refractivity contribution in [2.24, 2.45) is 0 Å². The zero-order chi connectivity index (χ0) is 45.1. The molecule has 2 unspecified atom stereocenters. The van der Waals surface area contributed by atoms with E-state index < -0.39 is 97.4 Å². The first kappa shape index (κ1) is 48.1. The predicted molar refractivity (Wildman–Crippen MR) is 213 cm³/mol. The molecule has 0 radical (unpaired) electrons. The van der Waals surface area contributed by atoms with Crippen LogP contribution in [0, 0.1) is 0 Å². The lowest BCUT2D eigenvalue weighted by Crippen LogP contribution is -2.34. The predicted octanol–water partition coefficient (Wildman–Crippen LogP) is 3.17. The number of allylic oxidation sites excluding steroid dienone is 8. The van der Waals surface area contributed by atoms with Crippen molar-refractivity contribution in [3.63, 3.8) is 0 Å². The minimum atomic E-state index is -4.94. The van der Waals surface area contributed by atoms with Gasteiger partial charge < -0.3 is 33.3 Å². The molecule has 4 rings (SSSR count). The molecule has 2 aliphatic rings. The van der Waals surface area contributed by atoms with Crippen molar-refractivity contribution in [2.75, 3.05) is 29.5 Å². The molecular formula is C38H43N2O16S4-3. The first-order valence-electron chi connectivity index (χ1n) is 18.2. The summed E-state index contributed by atoms with van der Waals surface area (Å²) in [5.74, 6) is -3.77. The Bertz CT molecular complexity index is 2660. The van der Waals surface area contributed by atoms with Gasteiger partial charge in [0.05, 0.1) is 48.3 Å². The Morgan fingerprint density at radius 3 is 1.82 bits per heavy atom. The van der Waals surface area contributed by atoms with E-state index in [1.807, 2.05) is 0 Å². The Hall–Kier alpha value is -4.55. The third kappa shape index (κ3) is 11.8. The van der Waals surface area contributed by atoms with Gasteiger partial charge in [-0.05, 0) is 82.0 Å². The summed E-state index contributed by atoms with van der Waals surface area (Å²) in [5, 5.41) is 19.9. The van der Waals surface area contributed by atoms with E-state index in [9.17, 15) is 71.7 Å². The van der Waals surface area contributed by atoms with Crippen molar-refractivity contribution in [3.8, 4) is 0 Å². The molecular weight excluding hydrogens is 869 g/mol. The molecule has 2 atom stereocenters. The first-order chi connectivity index (χ1) is 27.6. The molecule has 60 heavy (non-hydrogen) atoms. The van der Waals surface area contributed by atoms with Crippen LogP contribution >= 0.6 is 0 Å². The number of hydrogen-bond acceptors (Lipinski definition) is 15. The van der Waals surface area contributed by atoms with Crippen molar-refractivity contribution >= 4 is 69.5 Å². The van der Waals surface area contributed by atoms with E-state index in [1.54, 1.807) is 66.7 Å². The number of aliphatic carboxylic acids is 2. The molecule has 0 saturated heterocycles. The van der Waals surface area contributed by atoms with Crippen LogP contribution in [0.25, 0.3) is 0 Å². The molecule has 18 nitrogen and oxygen atoms in total. The van der Waals surface area contributed by atoms with Gasteiger partial charge in [-0.15, -0.1) is 0 Å². The Labute approximate surface area is 348 Å². The zero-order valence-electron chi connectivity index (χ0n) is 32.6. The highest BCUT2D eigenvalue weighted by molar-refractivity contribution is 7.86. The summed E-state index contributed by atoms with van der Waals surface area (Å²) in [6, 6.07) is 7.11. The summed E-state index contributed by atoms with van der Waals surface area (Å²) < 4.78 is 141. The maximum absolute atomic E-state index is 12.2. The van der Waals surface area contributed by atoms with Gasteiger partial charge in [-0.25, -0.2) is 33.7 Å². The fraction of sp³-hybridized carbons (Fsp3) is 0.395. The standard InChI is InChI=1S/C38H46N2O16S4/c1-26(10-8-12-33-37(2,24-35(41)42)29-22-27(59(51,52)53)14-16-31(29)39(33)18-4-6-20-57(45,46)47)11-9-13-34-38(3,25-36(43)44)30-23-28(60(54,55)56)15-17-32(30)40(34)19-5-7-21-58(48,49)50/h8-17,22-23H,4-7,18-21,24-25H2,1-3H3,(H5-,41,42,43,44,45,46,47,48,49,50,51,52,53,54,55,56)/p-3. The van der Waals surface area contributed by atoms with Crippen LogP contribution in [0.1, 0.15) is 70.4 Å². The Morgan fingerprint density at radius 1 is 0.733 bits per heavy atom. The van der Waals surface area contributed by atoms with Gasteiger partial charge >= 0.3 is 11.9 Å². The Kier molecular flexibility index (Phi) is 14.6. The minimum absolute atomic E-state index is 0.0222. The highest BCUT2D eigenvalue weighted by Crippen LogP contribution is 2.51. The lowest BCUT2D eigenvalue weighted by molar-refractivity contribution is -0.438. The summed E-state index contributed by atoms with van der Waals surface area (Å²) in [5.41, 5.74) is -0.228. The average Bonchev–Trinajstić information content (AvgIpc) is 3.45. The molecule has 22 heteroatoms. The third-order valence-corrected chi connectivity index (χ3v) is 13.5. The fourth-order valence-electron chi connectivity index (χ4n) is 7.57. The number of unbranched alkanes of at least 4 members (excludes halogenated alkanes) is 2. The van der Waals surface area contributed by atoms with Crippen molar-refractivity contribution in [2.45, 2.75) is 79.9 Å². The van der Waals surface area contributed by atoms with Crippen molar-refractivity contribution in [3.05, 3.63) is 95.3 Å². The molecule has 328 valence electrons. The molecule has 0 aromatic heterocycles. The van der Waals surface area contributed by atoms with Gasteiger partial charge in [0.1, 0.15) is 26.8 Å². The van der Waals surface area contributed by atoms with Crippen LogP contribution in [-0.2, 0) is 60.9 Å². The van der Waals surface area contributed by atoms with E-state index in [-0.39, 0.29) is 49.9 Å². The van der Waals surface area contributed by atoms with Crippen LogP contribution in [0.4, 0.5) is 11.4 Å². The lowest BCUT2D eigenvalue weighted by atomic mass is 9.76. The van der Waals surface area contributed by atoms with Crippen LogP contribution in [-0.4, -0.2) is 109 Å². The number of hydrogen-bond donors (Lipinski definition) is 2. The highest BCUT2D eigenvalue weighted by atomic mass is 32.2. The van der Waals surface area contributed by atoms with Crippen molar-refractivity contribution in [1.82, 2.24) is 0 Å². The van der Waals surface area contributed by atoms with Gasteiger partial charge in [-0.2, -0.15) is 4.58 Å². The highest BCUT2D eigenvalue weighted by Gasteiger charge is 2.49. The largest absolute Gasteiger partial charge is 0.748 e. The SMILES string of the molecule is CC(/C=C/C=C1/N(CCCCS(=O)(=O)[O-])c2ccc(S(=O)(=O)[O-])cc2C1(C)CC(=O)O)=C\C=C\C1=[N+](CCCCS(=O)(=O)[O-])c2ccc(S(=O)(=O)[O-])cc2C1(C)CC(=O)O. The van der Waals surface area contributed by atoms with Gasteiger partial charge in [-0.3, -0.25) is 9.59 Å². The monoisotopic (exact) mass is 911 g/mol. The maximum atomic E-state index is 12.2. The van der Waals surface area contributed by atoms with E-state index in [0.29, 0.717) is 28.4 Å². The number of fused-ring (bicyclic) bond motifs is 2. The fourth-order valence-corrected chi connectivity index (χ4v) is 9.68. The van der Waals surface area contributed by atoms with Gasteiger partial charge in [0.25, 0.3) is 0 Å². The number of benzene rings is 2. The average molecular weight is 912 g/mol. The number of anilines is 1. The van der Waals surface area contributed by atoms with Gasteiger partial charge in [0, 0.05) is 59.0 Å². The molecule has 0 fully saturated rings. The number of carbonyl (C=O) groups is 2. The van der Waals surface area contributed by atoms with Crippen LogP contribution in [0.5, 0.6) is 0 Å². The summed E-state index contributed by atoms with van der Waals surface area (Å²) in [7, 11) is -18.9. The first-order valence-corrected chi connectivity index (χ1v) is 24.2. The van der Waals surface area contributed by atoms with E-state index >= 15 is 0 Å². The minimum Gasteiger partial charge on any atom is -0.748 e. The summed E-state index contributed by atoms with van der Waals surface area (Å²) in [6.07, 6.45) is 8.81. The molecule has 0 amide bonds. The van der Waals surface area contributed by atoms with Crippen molar-refractivity contribution in [1.29, 1.82) is 0 Å². The summed E-state index contributed by atoms with van der Waals surface area (Å²) >= 11 is 0. The van der Waals surface area contributed by atoms with E-state index in [4.69, 9.17) is 0 Å². The molecule has 0 spiro atoms. The third-order valence-electron chi connectivity index (χ3n) is 10.3. The maximum Gasteiger partial charge on any atom is 0.304 e. The quantitative estimate of drug-likeness (QED) is 0.0834. The van der Waals surface area contributed by atoms with E-state index in [2.05, 4.69) is 0 Å². The lowest BCUT2D eigenvalue weighted by Gasteiger charge is -2.29. The summed E-state index contributed by atoms with van der Waals surface area (Å²) in [4.78, 5) is 24.9. The normalized spacial score (nSPS) is 20.8. The molecule has 2 aromatic carbocycles. The molecule has 2 N–H and O–H groups in total. The van der Waals surface area contributed by atoms with Crippen LogP contribution in [0.15, 0.2) is 93.9 Å². The van der Waals surface area contributed by atoms with E-state index in [1.165, 1.54) is 12.1 Å². The second-order valence-corrected chi connectivity index (χ2v) is 20.7. The van der Waals surface area contributed by atoms with Crippen LogP contribution in [0.2, 0.25) is 0 Å².